The summed E-state index contributed by atoms with van der Waals surface area (Å²) in [6, 6.07) is 0. The van der Waals surface area contributed by atoms with Crippen LogP contribution in [0, 0.1) is 0 Å². The van der Waals surface area contributed by atoms with Crippen molar-refractivity contribution in [1.82, 2.24) is 19.6 Å². The van der Waals surface area contributed by atoms with Gasteiger partial charge in [0, 0.05) is 77.2 Å². The summed E-state index contributed by atoms with van der Waals surface area (Å²) in [5, 5.41) is 19.3. The van der Waals surface area contributed by atoms with E-state index in [0.717, 1.165) is 65.4 Å². The minimum absolute atomic E-state index is 0.318. The number of nitrogens with zero attached hydrogens (tertiary/aromatic N) is 4. The number of halogens is 2. The average Bonchev–Trinajstić information content (AvgIpc) is 2.64. The van der Waals surface area contributed by atoms with Crippen molar-refractivity contribution in [3.05, 3.63) is 0 Å². The van der Waals surface area contributed by atoms with Crippen LogP contribution in [0.4, 0.5) is 0 Å². The van der Waals surface area contributed by atoms with Gasteiger partial charge in [0.25, 0.3) is 0 Å². The van der Waals surface area contributed by atoms with E-state index < -0.39 is 12.2 Å². The van der Waals surface area contributed by atoms with Crippen LogP contribution in [0.5, 0.6) is 0 Å². The van der Waals surface area contributed by atoms with E-state index in [4.69, 9.17) is 23.2 Å². The van der Waals surface area contributed by atoms with E-state index in [1.165, 1.54) is 6.42 Å². The van der Waals surface area contributed by atoms with Crippen LogP contribution in [0.25, 0.3) is 0 Å². The summed E-state index contributed by atoms with van der Waals surface area (Å²) < 4.78 is 0. The molecule has 0 saturated carbocycles. The number of hydrogen-bond donors (Lipinski definition) is 2. The van der Waals surface area contributed by atoms with Crippen molar-refractivity contribution in [2.24, 2.45) is 0 Å². The second-order valence-electron chi connectivity index (χ2n) is 7.25. The zero-order chi connectivity index (χ0) is 18.1. The highest BCUT2D eigenvalue weighted by atomic mass is 35.5. The Bertz CT molecular complexity index is 320. The van der Waals surface area contributed by atoms with E-state index in [1.54, 1.807) is 0 Å². The van der Waals surface area contributed by atoms with Crippen molar-refractivity contribution in [1.29, 1.82) is 0 Å². The van der Waals surface area contributed by atoms with Crippen molar-refractivity contribution in [3.63, 3.8) is 0 Å². The highest BCUT2D eigenvalue weighted by Gasteiger charge is 2.20. The molecule has 25 heavy (non-hydrogen) atoms. The Hall–Kier alpha value is 0.340. The molecule has 0 aliphatic carbocycles. The van der Waals surface area contributed by atoms with Crippen LogP contribution < -0.4 is 0 Å². The van der Waals surface area contributed by atoms with Gasteiger partial charge >= 0.3 is 0 Å². The van der Waals surface area contributed by atoms with Gasteiger partial charge in [-0.2, -0.15) is 0 Å². The molecule has 8 heteroatoms. The van der Waals surface area contributed by atoms with Gasteiger partial charge in [-0.15, -0.1) is 23.2 Å². The van der Waals surface area contributed by atoms with Gasteiger partial charge in [-0.05, 0) is 19.5 Å². The Morgan fingerprint density at radius 1 is 0.600 bits per heavy atom. The molecule has 2 atom stereocenters. The average molecular weight is 397 g/mol. The zero-order valence-corrected chi connectivity index (χ0v) is 16.7. The number of piperazine rings is 2. The molecular weight excluding hydrogens is 363 g/mol. The maximum atomic E-state index is 9.63. The van der Waals surface area contributed by atoms with Crippen LogP contribution in [-0.2, 0) is 0 Å². The normalized spacial score (nSPS) is 24.5. The lowest BCUT2D eigenvalue weighted by molar-refractivity contribution is 0.0712. The summed E-state index contributed by atoms with van der Waals surface area (Å²) in [6.45, 7) is 12.1. The molecule has 2 saturated heterocycles. The summed E-state index contributed by atoms with van der Waals surface area (Å²) in [5.41, 5.74) is 0. The van der Waals surface area contributed by atoms with E-state index in [1.807, 2.05) is 0 Å². The molecule has 0 aromatic carbocycles. The number of β-amino-alcohol motifs (C(OH)–C–C–N with tert-alkyl or cyclic N) is 2. The van der Waals surface area contributed by atoms with Crippen LogP contribution >= 0.6 is 23.2 Å². The molecule has 0 spiro atoms. The molecule has 2 aliphatic heterocycles. The second kappa shape index (κ2) is 11.9. The molecule has 0 radical (unpaired) electrons. The number of aliphatic hydroxyl groups excluding tert-OH is 2. The molecule has 2 rings (SSSR count). The van der Waals surface area contributed by atoms with Crippen molar-refractivity contribution >= 4 is 23.2 Å². The van der Waals surface area contributed by atoms with Crippen molar-refractivity contribution < 1.29 is 10.2 Å². The second-order valence-corrected chi connectivity index (χ2v) is 7.87. The molecule has 0 aromatic heterocycles. The van der Waals surface area contributed by atoms with Gasteiger partial charge in [-0.25, -0.2) is 0 Å². The summed E-state index contributed by atoms with van der Waals surface area (Å²) >= 11 is 11.3. The highest BCUT2D eigenvalue weighted by Crippen LogP contribution is 2.07. The smallest absolute Gasteiger partial charge is 0.0802 e. The third kappa shape index (κ3) is 8.26. The number of aliphatic hydroxyl groups is 2. The minimum atomic E-state index is -0.405. The summed E-state index contributed by atoms with van der Waals surface area (Å²) in [4.78, 5) is 9.66. The van der Waals surface area contributed by atoms with E-state index in [9.17, 15) is 10.2 Å². The van der Waals surface area contributed by atoms with Crippen molar-refractivity contribution in [2.75, 3.05) is 90.3 Å². The fraction of sp³-hybridized carbons (Fsp3) is 1.00. The van der Waals surface area contributed by atoms with Gasteiger partial charge in [0.15, 0.2) is 0 Å². The van der Waals surface area contributed by atoms with Gasteiger partial charge in [0.1, 0.15) is 0 Å². The van der Waals surface area contributed by atoms with Gasteiger partial charge in [0.05, 0.1) is 12.2 Å². The topological polar surface area (TPSA) is 53.4 Å². The molecule has 2 unspecified atom stereocenters. The van der Waals surface area contributed by atoms with E-state index in [0.29, 0.717) is 24.8 Å². The molecule has 2 heterocycles. The van der Waals surface area contributed by atoms with Crippen LogP contribution in [0.15, 0.2) is 0 Å². The van der Waals surface area contributed by atoms with Crippen LogP contribution in [0.3, 0.4) is 0 Å². The number of alkyl halides is 2. The molecule has 0 aromatic rings. The van der Waals surface area contributed by atoms with Gasteiger partial charge in [-0.3, -0.25) is 9.80 Å². The van der Waals surface area contributed by atoms with Crippen LogP contribution in [0.1, 0.15) is 6.42 Å². The SMILES string of the molecule is OC(CCl)CN1CCN(CCCN2CCN(CC(O)CCl)CC2)CC1. The van der Waals surface area contributed by atoms with Gasteiger partial charge in [0.2, 0.25) is 0 Å². The van der Waals surface area contributed by atoms with Crippen molar-refractivity contribution in [2.45, 2.75) is 18.6 Å². The largest absolute Gasteiger partial charge is 0.391 e. The van der Waals surface area contributed by atoms with Gasteiger partial charge < -0.3 is 20.0 Å². The molecule has 6 nitrogen and oxygen atoms in total. The maximum absolute atomic E-state index is 9.63. The molecule has 2 N–H and O–H groups in total. The predicted molar refractivity (Wildman–Crippen MR) is 104 cm³/mol. The molecule has 148 valence electrons. The van der Waals surface area contributed by atoms with E-state index in [2.05, 4.69) is 19.6 Å². The lowest BCUT2D eigenvalue weighted by atomic mass is 10.2. The van der Waals surface area contributed by atoms with Crippen molar-refractivity contribution in [3.8, 4) is 0 Å². The Balaban J connectivity index is 1.51. The van der Waals surface area contributed by atoms with Crippen LogP contribution in [0.2, 0.25) is 0 Å². The third-order valence-corrected chi connectivity index (χ3v) is 5.89. The fourth-order valence-corrected chi connectivity index (χ4v) is 3.80. The Labute approximate surface area is 162 Å². The first kappa shape index (κ1) is 21.6. The molecule has 0 bridgehead atoms. The first-order chi connectivity index (χ1) is 12.1. The number of rotatable bonds is 10. The predicted octanol–water partition coefficient (Wildman–Crippen LogP) is -0.189. The lowest BCUT2D eigenvalue weighted by Gasteiger charge is -2.37. The third-order valence-electron chi connectivity index (χ3n) is 5.17. The van der Waals surface area contributed by atoms with Crippen LogP contribution in [-0.4, -0.2) is 132 Å². The van der Waals surface area contributed by atoms with E-state index >= 15 is 0 Å². The first-order valence-electron chi connectivity index (χ1n) is 9.48. The zero-order valence-electron chi connectivity index (χ0n) is 15.2. The first-order valence-corrected chi connectivity index (χ1v) is 10.5. The lowest BCUT2D eigenvalue weighted by Crippen LogP contribution is -2.50. The molecular formula is C17H34Cl2N4O2. The maximum Gasteiger partial charge on any atom is 0.0802 e. The number of hydrogen-bond acceptors (Lipinski definition) is 6. The molecule has 2 fully saturated rings. The Kier molecular flexibility index (Phi) is 10.3. The summed E-state index contributed by atoms with van der Waals surface area (Å²) in [6.07, 6.45) is 0.393. The minimum Gasteiger partial charge on any atom is -0.391 e. The van der Waals surface area contributed by atoms with Gasteiger partial charge in [-0.1, -0.05) is 0 Å². The summed E-state index contributed by atoms with van der Waals surface area (Å²) in [7, 11) is 0. The fourth-order valence-electron chi connectivity index (χ4n) is 3.60. The summed E-state index contributed by atoms with van der Waals surface area (Å²) in [5.74, 6) is 0.636. The Morgan fingerprint density at radius 2 is 0.920 bits per heavy atom. The standard InChI is InChI=1S/C17H34Cl2N4O2/c18-12-16(24)14-22-8-4-20(5-9-22)2-1-3-21-6-10-23(11-7-21)15-17(25)13-19/h16-17,24-25H,1-15H2. The molecule has 2 aliphatic rings. The quantitative estimate of drug-likeness (QED) is 0.499. The Morgan fingerprint density at radius 3 is 1.24 bits per heavy atom. The highest BCUT2D eigenvalue weighted by molar-refractivity contribution is 6.18. The monoisotopic (exact) mass is 396 g/mol. The van der Waals surface area contributed by atoms with E-state index in [-0.39, 0.29) is 0 Å². The molecule has 0 amide bonds.